The highest BCUT2D eigenvalue weighted by Gasteiger charge is 2.56. The van der Waals surface area contributed by atoms with Gasteiger partial charge in [0.25, 0.3) is 5.56 Å². The van der Waals surface area contributed by atoms with Gasteiger partial charge in [0.05, 0.1) is 24.4 Å². The highest BCUT2D eigenvalue weighted by Crippen LogP contribution is 2.51. The lowest BCUT2D eigenvalue weighted by Crippen LogP contribution is -2.64. The molecule has 2 amide bonds. The second-order valence-electron chi connectivity index (χ2n) is 9.84. The summed E-state index contributed by atoms with van der Waals surface area (Å²) in [7, 11) is 0. The Morgan fingerprint density at radius 3 is 2.70 bits per heavy atom. The molecule has 2 N–H and O–H groups in total. The second-order valence-corrected chi connectivity index (χ2v) is 9.84. The van der Waals surface area contributed by atoms with E-state index in [1.165, 1.54) is 6.20 Å². The van der Waals surface area contributed by atoms with Crippen molar-refractivity contribution in [1.82, 2.24) is 24.7 Å². The second kappa shape index (κ2) is 8.91. The molecule has 176 valence electrons. The number of likely N-dealkylation sites (tertiary alicyclic amines) is 1. The van der Waals surface area contributed by atoms with Crippen molar-refractivity contribution in [2.75, 3.05) is 32.7 Å². The Morgan fingerprint density at radius 2 is 1.94 bits per heavy atom. The smallest absolute Gasteiger partial charge is 0.320 e. The van der Waals surface area contributed by atoms with Crippen molar-refractivity contribution in [2.24, 2.45) is 5.41 Å². The van der Waals surface area contributed by atoms with Crippen LogP contribution in [-0.2, 0) is 6.54 Å². The minimum atomic E-state index is -1.02. The van der Waals surface area contributed by atoms with Crippen molar-refractivity contribution in [1.29, 1.82) is 0 Å². The zero-order valence-electron chi connectivity index (χ0n) is 19.0. The number of rotatable bonds is 3. The summed E-state index contributed by atoms with van der Waals surface area (Å²) in [5, 5.41) is 15.3. The molecule has 1 saturated carbocycles. The Balaban J connectivity index is 1.38. The van der Waals surface area contributed by atoms with Crippen molar-refractivity contribution in [3.63, 3.8) is 0 Å². The SMILES string of the molecule is O=C(N1CCC(O)(Cn2ccncc2=O)C2(CCCC2)C1)N1CCNC[C@H]1c1ccccc1. The third-order valence-corrected chi connectivity index (χ3v) is 8.01. The minimum Gasteiger partial charge on any atom is -0.387 e. The summed E-state index contributed by atoms with van der Waals surface area (Å²) in [5.74, 6) is 0. The average molecular weight is 452 g/mol. The fourth-order valence-corrected chi connectivity index (χ4v) is 6.14. The molecule has 3 heterocycles. The van der Waals surface area contributed by atoms with Crippen LogP contribution in [0.15, 0.2) is 53.7 Å². The van der Waals surface area contributed by atoms with E-state index in [2.05, 4.69) is 22.4 Å². The number of benzene rings is 1. The molecule has 3 fully saturated rings. The number of hydrogen-bond donors (Lipinski definition) is 2. The number of amides is 2. The van der Waals surface area contributed by atoms with E-state index in [0.29, 0.717) is 26.1 Å². The zero-order chi connectivity index (χ0) is 22.9. The maximum Gasteiger partial charge on any atom is 0.320 e. The normalized spacial score (nSPS) is 27.1. The minimum absolute atomic E-state index is 0.00295. The van der Waals surface area contributed by atoms with Crippen molar-refractivity contribution < 1.29 is 9.90 Å². The van der Waals surface area contributed by atoms with Crippen molar-refractivity contribution >= 4 is 6.03 Å². The van der Waals surface area contributed by atoms with Crippen LogP contribution in [-0.4, -0.2) is 68.8 Å². The number of nitrogens with one attached hydrogen (secondary N) is 1. The molecule has 33 heavy (non-hydrogen) atoms. The number of piperidine rings is 1. The van der Waals surface area contributed by atoms with E-state index in [1.54, 1.807) is 17.0 Å². The molecule has 2 aliphatic heterocycles. The van der Waals surface area contributed by atoms with Crippen LogP contribution >= 0.6 is 0 Å². The van der Waals surface area contributed by atoms with Gasteiger partial charge in [-0.2, -0.15) is 0 Å². The number of carbonyl (C=O) groups is 1. The van der Waals surface area contributed by atoms with Gasteiger partial charge in [-0.1, -0.05) is 43.2 Å². The molecule has 0 radical (unpaired) electrons. The summed E-state index contributed by atoms with van der Waals surface area (Å²) < 4.78 is 1.56. The van der Waals surface area contributed by atoms with Crippen LogP contribution in [0.1, 0.15) is 43.7 Å². The molecule has 1 unspecified atom stereocenters. The summed E-state index contributed by atoms with van der Waals surface area (Å²) >= 11 is 0. The van der Waals surface area contributed by atoms with Crippen molar-refractivity contribution in [3.8, 4) is 0 Å². The van der Waals surface area contributed by atoms with E-state index >= 15 is 0 Å². The monoisotopic (exact) mass is 451 g/mol. The predicted molar refractivity (Wildman–Crippen MR) is 125 cm³/mol. The van der Waals surface area contributed by atoms with Crippen molar-refractivity contribution in [2.45, 2.75) is 50.3 Å². The summed E-state index contributed by atoms with van der Waals surface area (Å²) in [6, 6.07) is 10.2. The van der Waals surface area contributed by atoms with Gasteiger partial charge in [0.1, 0.15) is 0 Å². The molecule has 1 spiro atoms. The van der Waals surface area contributed by atoms with Gasteiger partial charge >= 0.3 is 6.03 Å². The van der Waals surface area contributed by atoms with Gasteiger partial charge in [-0.05, 0) is 24.8 Å². The maximum atomic E-state index is 13.8. The molecule has 2 aromatic rings. The molecule has 8 nitrogen and oxygen atoms in total. The van der Waals surface area contributed by atoms with Crippen LogP contribution in [0.25, 0.3) is 0 Å². The molecule has 1 aliphatic carbocycles. The Labute approximate surface area is 194 Å². The van der Waals surface area contributed by atoms with Gasteiger partial charge in [0.2, 0.25) is 0 Å². The Hall–Kier alpha value is -2.71. The van der Waals surface area contributed by atoms with Crippen LogP contribution in [0.5, 0.6) is 0 Å². The number of aromatic nitrogens is 2. The van der Waals surface area contributed by atoms with E-state index in [9.17, 15) is 14.7 Å². The van der Waals surface area contributed by atoms with Crippen LogP contribution < -0.4 is 10.9 Å². The van der Waals surface area contributed by atoms with E-state index in [4.69, 9.17) is 0 Å². The summed E-state index contributed by atoms with van der Waals surface area (Å²) in [6.45, 7) is 3.46. The first-order valence-corrected chi connectivity index (χ1v) is 12.1. The van der Waals surface area contributed by atoms with Crippen LogP contribution in [0.4, 0.5) is 4.79 Å². The van der Waals surface area contributed by atoms with E-state index < -0.39 is 5.60 Å². The fraction of sp³-hybridized carbons (Fsp3) is 0.560. The number of nitrogens with zero attached hydrogens (tertiary/aromatic N) is 4. The van der Waals surface area contributed by atoms with Crippen molar-refractivity contribution in [3.05, 3.63) is 64.8 Å². The summed E-state index contributed by atoms with van der Waals surface area (Å²) in [5.41, 5.74) is -0.475. The number of aliphatic hydroxyl groups is 1. The van der Waals surface area contributed by atoms with Gasteiger partial charge in [-0.25, -0.2) is 4.79 Å². The number of hydrogen-bond acceptors (Lipinski definition) is 5. The van der Waals surface area contributed by atoms with E-state index in [1.807, 2.05) is 28.0 Å². The Kier molecular flexibility index (Phi) is 5.97. The first-order chi connectivity index (χ1) is 16.0. The molecule has 0 bridgehead atoms. The van der Waals surface area contributed by atoms with Gasteiger partial charge in [-0.15, -0.1) is 0 Å². The third-order valence-electron chi connectivity index (χ3n) is 8.01. The molecule has 5 rings (SSSR count). The maximum absolute atomic E-state index is 13.8. The number of piperazine rings is 1. The van der Waals surface area contributed by atoms with Crippen LogP contribution in [0.3, 0.4) is 0 Å². The molecule has 1 aromatic heterocycles. The zero-order valence-corrected chi connectivity index (χ0v) is 19.0. The van der Waals surface area contributed by atoms with Gasteiger partial charge in [-0.3, -0.25) is 9.78 Å². The Morgan fingerprint density at radius 1 is 1.15 bits per heavy atom. The molecular formula is C25H33N5O3. The fourth-order valence-electron chi connectivity index (χ4n) is 6.14. The molecular weight excluding hydrogens is 418 g/mol. The van der Waals surface area contributed by atoms with Crippen LogP contribution in [0, 0.1) is 5.41 Å². The van der Waals surface area contributed by atoms with E-state index in [0.717, 1.165) is 44.3 Å². The molecule has 1 aromatic carbocycles. The topological polar surface area (TPSA) is 90.7 Å². The number of carbonyl (C=O) groups excluding carboxylic acids is 1. The molecule has 2 atom stereocenters. The van der Waals surface area contributed by atoms with Crippen LogP contribution in [0.2, 0.25) is 0 Å². The lowest BCUT2D eigenvalue weighted by atomic mass is 9.66. The third kappa shape index (κ3) is 4.06. The highest BCUT2D eigenvalue weighted by atomic mass is 16.3. The lowest BCUT2D eigenvalue weighted by molar-refractivity contribution is -0.136. The summed E-state index contributed by atoms with van der Waals surface area (Å²) in [4.78, 5) is 33.9. The predicted octanol–water partition coefficient (Wildman–Crippen LogP) is 2.01. The number of urea groups is 1. The Bertz CT molecular complexity index is 1040. The first-order valence-electron chi connectivity index (χ1n) is 12.1. The molecule has 8 heteroatoms. The summed E-state index contributed by atoms with van der Waals surface area (Å²) in [6.07, 6.45) is 8.80. The molecule has 3 aliphatic rings. The van der Waals surface area contributed by atoms with Gasteiger partial charge < -0.3 is 24.8 Å². The quantitative estimate of drug-likeness (QED) is 0.745. The van der Waals surface area contributed by atoms with Gasteiger partial charge in [0.15, 0.2) is 0 Å². The lowest BCUT2D eigenvalue weighted by Gasteiger charge is -2.53. The molecule has 2 saturated heterocycles. The largest absolute Gasteiger partial charge is 0.387 e. The van der Waals surface area contributed by atoms with E-state index in [-0.39, 0.29) is 29.6 Å². The standard InChI is InChI=1S/C25H33N5O3/c31-22-17-27-11-14-28(22)19-25(33)10-13-29(18-24(25)8-4-5-9-24)23(32)30-15-12-26-16-21(30)20-6-2-1-3-7-20/h1-3,6-7,11,14,17,21,26,33H,4-5,8-10,12-13,15-16,18-19H2/t21-,25?/m0/s1. The van der Waals surface area contributed by atoms with Gasteiger partial charge in [0, 0.05) is 50.5 Å². The highest BCUT2D eigenvalue weighted by molar-refractivity contribution is 5.75. The first kappa shape index (κ1) is 22.1. The average Bonchev–Trinajstić information content (AvgIpc) is 3.33.